The summed E-state index contributed by atoms with van der Waals surface area (Å²) in [5.74, 6) is -0.419. The molecule has 1 heterocycles. The molecule has 0 radical (unpaired) electrons. The van der Waals surface area contributed by atoms with Crippen LogP contribution in [0.5, 0.6) is 0 Å². The second-order valence-corrected chi connectivity index (χ2v) is 6.08. The van der Waals surface area contributed by atoms with Crippen LogP contribution in [-0.2, 0) is 4.74 Å². The molecule has 0 aromatic heterocycles. The molecular formula is C22H17FN2O2. The topological polar surface area (TPSA) is 50.4 Å². The Morgan fingerprint density at radius 1 is 0.889 bits per heavy atom. The molecule has 1 unspecified atom stereocenters. The first-order valence-electron chi connectivity index (χ1n) is 8.55. The van der Waals surface area contributed by atoms with E-state index in [1.54, 1.807) is 0 Å². The quantitative estimate of drug-likeness (QED) is 0.733. The van der Waals surface area contributed by atoms with Gasteiger partial charge in [0.05, 0.1) is 0 Å². The zero-order valence-corrected chi connectivity index (χ0v) is 14.4. The van der Waals surface area contributed by atoms with Gasteiger partial charge in [-0.25, -0.2) is 4.39 Å². The lowest BCUT2D eigenvalue weighted by Gasteiger charge is -2.13. The van der Waals surface area contributed by atoms with Crippen molar-refractivity contribution in [3.63, 3.8) is 0 Å². The summed E-state index contributed by atoms with van der Waals surface area (Å²) in [6, 6.07) is 24.7. The van der Waals surface area contributed by atoms with E-state index in [0.717, 1.165) is 11.1 Å². The van der Waals surface area contributed by atoms with Crippen LogP contribution in [0.1, 0.15) is 27.7 Å². The van der Waals surface area contributed by atoms with Crippen LogP contribution in [0.25, 0.3) is 5.70 Å². The SMILES string of the molecule is O=C(NC1=C(c2ccccc2)NC(c2ccccc2)O1)c1ccc(F)cc1. The van der Waals surface area contributed by atoms with Crippen LogP contribution in [0.15, 0.2) is 90.8 Å². The van der Waals surface area contributed by atoms with Crippen LogP contribution in [-0.4, -0.2) is 5.91 Å². The van der Waals surface area contributed by atoms with E-state index in [1.807, 2.05) is 60.7 Å². The molecule has 0 saturated heterocycles. The molecule has 3 aromatic rings. The first-order valence-corrected chi connectivity index (χ1v) is 8.55. The molecule has 4 nitrogen and oxygen atoms in total. The van der Waals surface area contributed by atoms with Gasteiger partial charge >= 0.3 is 0 Å². The maximum atomic E-state index is 13.1. The van der Waals surface area contributed by atoms with Crippen LogP contribution in [0.3, 0.4) is 0 Å². The molecule has 1 aliphatic heterocycles. The number of hydrogen-bond acceptors (Lipinski definition) is 3. The van der Waals surface area contributed by atoms with Crippen molar-refractivity contribution in [2.75, 3.05) is 0 Å². The minimum Gasteiger partial charge on any atom is -0.449 e. The highest BCUT2D eigenvalue weighted by Crippen LogP contribution is 2.31. The van der Waals surface area contributed by atoms with Gasteiger partial charge in [-0.2, -0.15) is 0 Å². The van der Waals surface area contributed by atoms with Crippen molar-refractivity contribution in [3.8, 4) is 0 Å². The summed E-state index contributed by atoms with van der Waals surface area (Å²) < 4.78 is 19.1. The normalized spacial score (nSPS) is 15.8. The third-order valence-corrected chi connectivity index (χ3v) is 4.24. The van der Waals surface area contributed by atoms with Crippen LogP contribution in [0, 0.1) is 5.82 Å². The van der Waals surface area contributed by atoms with E-state index < -0.39 is 12.0 Å². The maximum Gasteiger partial charge on any atom is 0.258 e. The lowest BCUT2D eigenvalue weighted by molar-refractivity contribution is 0.0851. The average molecular weight is 360 g/mol. The number of halogens is 1. The molecule has 0 bridgehead atoms. The number of rotatable bonds is 4. The fraction of sp³-hybridized carbons (Fsp3) is 0.0455. The number of hydrogen-bond donors (Lipinski definition) is 2. The van der Waals surface area contributed by atoms with Crippen LogP contribution in [0.2, 0.25) is 0 Å². The molecule has 0 spiro atoms. The van der Waals surface area contributed by atoms with Gasteiger partial charge in [-0.05, 0) is 24.3 Å². The second-order valence-electron chi connectivity index (χ2n) is 6.08. The highest BCUT2D eigenvalue weighted by Gasteiger charge is 2.28. The molecule has 0 aliphatic carbocycles. The van der Waals surface area contributed by atoms with Gasteiger partial charge in [0.1, 0.15) is 11.5 Å². The van der Waals surface area contributed by atoms with Gasteiger partial charge in [-0.15, -0.1) is 0 Å². The van der Waals surface area contributed by atoms with Crippen LogP contribution in [0.4, 0.5) is 4.39 Å². The fourth-order valence-electron chi connectivity index (χ4n) is 2.87. The molecule has 5 heteroatoms. The van der Waals surface area contributed by atoms with E-state index in [1.165, 1.54) is 24.3 Å². The van der Waals surface area contributed by atoms with E-state index >= 15 is 0 Å². The molecule has 1 aliphatic rings. The van der Waals surface area contributed by atoms with Crippen LogP contribution < -0.4 is 10.6 Å². The summed E-state index contributed by atoms with van der Waals surface area (Å²) in [6.45, 7) is 0. The van der Waals surface area contributed by atoms with Gasteiger partial charge in [-0.3, -0.25) is 10.1 Å². The summed E-state index contributed by atoms with van der Waals surface area (Å²) in [6.07, 6.45) is -0.412. The summed E-state index contributed by atoms with van der Waals surface area (Å²) in [5, 5.41) is 6.12. The fourth-order valence-corrected chi connectivity index (χ4v) is 2.87. The summed E-state index contributed by atoms with van der Waals surface area (Å²) in [4.78, 5) is 12.6. The van der Waals surface area contributed by atoms with Gasteiger partial charge < -0.3 is 10.1 Å². The number of carbonyl (C=O) groups excluding carboxylic acids is 1. The molecule has 0 saturated carbocycles. The molecule has 134 valence electrons. The Bertz CT molecular complexity index is 970. The minimum absolute atomic E-state index is 0.337. The summed E-state index contributed by atoms with van der Waals surface area (Å²) in [5.41, 5.74) is 2.88. The molecule has 2 N–H and O–H groups in total. The van der Waals surface area contributed by atoms with Crippen LogP contribution >= 0.6 is 0 Å². The number of nitrogens with one attached hydrogen (secondary N) is 2. The smallest absolute Gasteiger partial charge is 0.258 e. The second kappa shape index (κ2) is 7.33. The zero-order valence-electron chi connectivity index (χ0n) is 14.4. The van der Waals surface area contributed by atoms with Crippen molar-refractivity contribution in [3.05, 3.63) is 113 Å². The number of amides is 1. The predicted octanol–water partition coefficient (Wildman–Crippen LogP) is 4.20. The van der Waals surface area contributed by atoms with E-state index in [2.05, 4.69) is 10.6 Å². The first-order chi connectivity index (χ1) is 13.2. The minimum atomic E-state index is -0.412. The molecule has 27 heavy (non-hydrogen) atoms. The molecule has 4 rings (SSSR count). The van der Waals surface area contributed by atoms with E-state index in [9.17, 15) is 9.18 Å². The first kappa shape index (κ1) is 16.8. The molecule has 1 atom stereocenters. The average Bonchev–Trinajstić information content (AvgIpc) is 3.13. The number of benzene rings is 3. The molecule has 3 aromatic carbocycles. The highest BCUT2D eigenvalue weighted by atomic mass is 19.1. The largest absolute Gasteiger partial charge is 0.449 e. The monoisotopic (exact) mass is 360 g/mol. The van der Waals surface area contributed by atoms with Crippen molar-refractivity contribution in [2.45, 2.75) is 6.23 Å². The summed E-state index contributed by atoms with van der Waals surface area (Å²) in [7, 11) is 0. The van der Waals surface area contributed by atoms with Crippen molar-refractivity contribution in [1.29, 1.82) is 0 Å². The van der Waals surface area contributed by atoms with Gasteiger partial charge in [-0.1, -0.05) is 60.7 Å². The highest BCUT2D eigenvalue weighted by molar-refractivity contribution is 5.96. The van der Waals surface area contributed by atoms with Crippen molar-refractivity contribution in [2.24, 2.45) is 0 Å². The molecule has 0 fully saturated rings. The maximum absolute atomic E-state index is 13.1. The van der Waals surface area contributed by atoms with E-state index in [4.69, 9.17) is 4.74 Å². The summed E-state index contributed by atoms with van der Waals surface area (Å²) >= 11 is 0. The van der Waals surface area contributed by atoms with Gasteiger partial charge in [0.25, 0.3) is 5.91 Å². The molecule has 1 amide bonds. The van der Waals surface area contributed by atoms with E-state index in [-0.39, 0.29) is 5.91 Å². The Morgan fingerprint density at radius 2 is 1.52 bits per heavy atom. The van der Waals surface area contributed by atoms with Gasteiger partial charge in [0.2, 0.25) is 5.88 Å². The Morgan fingerprint density at radius 3 is 2.19 bits per heavy atom. The Balaban J connectivity index is 1.63. The van der Waals surface area contributed by atoms with Crippen molar-refractivity contribution < 1.29 is 13.9 Å². The Hall–Kier alpha value is -3.60. The van der Waals surface area contributed by atoms with Crippen molar-refractivity contribution >= 4 is 11.6 Å². The Kier molecular flexibility index (Phi) is 4.58. The zero-order chi connectivity index (χ0) is 18.6. The Labute approximate surface area is 156 Å². The van der Waals surface area contributed by atoms with E-state index in [0.29, 0.717) is 17.1 Å². The van der Waals surface area contributed by atoms with Gasteiger partial charge in [0.15, 0.2) is 6.23 Å². The number of carbonyl (C=O) groups is 1. The third kappa shape index (κ3) is 3.67. The predicted molar refractivity (Wildman–Crippen MR) is 101 cm³/mol. The van der Waals surface area contributed by atoms with Gasteiger partial charge in [0, 0.05) is 16.7 Å². The lowest BCUT2D eigenvalue weighted by atomic mass is 10.1. The molecular weight excluding hydrogens is 343 g/mol. The number of ether oxygens (including phenoxy) is 1. The lowest BCUT2D eigenvalue weighted by Crippen LogP contribution is -2.24. The third-order valence-electron chi connectivity index (χ3n) is 4.24. The standard InChI is InChI=1S/C22H17FN2O2/c23-18-13-11-16(12-14-18)20(26)25-22-19(15-7-3-1-4-8-15)24-21(27-22)17-9-5-2-6-10-17/h1-14,21,24H,(H,25,26). The van der Waals surface area contributed by atoms with Crippen molar-refractivity contribution in [1.82, 2.24) is 10.6 Å².